The van der Waals surface area contributed by atoms with Gasteiger partial charge in [0.2, 0.25) is 5.82 Å². The lowest BCUT2D eigenvalue weighted by molar-refractivity contribution is 0.0907. The van der Waals surface area contributed by atoms with Crippen molar-refractivity contribution in [2.75, 3.05) is 18.0 Å². The molecule has 1 aromatic heterocycles. The molecule has 6 heteroatoms. The molecule has 0 saturated carbocycles. The molecule has 1 amide bonds. The Labute approximate surface area is 164 Å². The molecule has 6 nitrogen and oxygen atoms in total. The maximum Gasteiger partial charge on any atom is 0.316 e. The first kappa shape index (κ1) is 18.2. The van der Waals surface area contributed by atoms with Crippen LogP contribution in [0.1, 0.15) is 41.1 Å². The van der Waals surface area contributed by atoms with Crippen LogP contribution >= 0.6 is 0 Å². The van der Waals surface area contributed by atoms with Gasteiger partial charge < -0.3 is 14.7 Å². The lowest BCUT2D eigenvalue weighted by atomic mass is 10.1. The van der Waals surface area contributed by atoms with E-state index >= 15 is 0 Å². The standard InChI is InChI=1S/C22H24N4O2/c1-16-5-7-17(8-6-16)15-23-21(27)22-24-20(25-28-22)18-9-11-19(12-10-18)26-13-3-2-4-14-26/h5-12H,2-4,13-15H2,1H3,(H,23,27). The molecule has 1 N–H and O–H groups in total. The van der Waals surface area contributed by atoms with Crippen molar-refractivity contribution in [2.45, 2.75) is 32.7 Å². The van der Waals surface area contributed by atoms with Gasteiger partial charge in [-0.25, -0.2) is 0 Å². The molecule has 144 valence electrons. The monoisotopic (exact) mass is 376 g/mol. The molecule has 2 aromatic carbocycles. The number of rotatable bonds is 5. The van der Waals surface area contributed by atoms with Crippen LogP contribution in [0.2, 0.25) is 0 Å². The molecule has 0 atom stereocenters. The van der Waals surface area contributed by atoms with Gasteiger partial charge in [-0.15, -0.1) is 0 Å². The fourth-order valence-electron chi connectivity index (χ4n) is 3.37. The zero-order valence-electron chi connectivity index (χ0n) is 16.0. The molecule has 0 radical (unpaired) electrons. The molecule has 1 aliphatic heterocycles. The Balaban J connectivity index is 1.39. The van der Waals surface area contributed by atoms with Crippen molar-refractivity contribution < 1.29 is 9.32 Å². The van der Waals surface area contributed by atoms with Crippen molar-refractivity contribution in [3.8, 4) is 11.4 Å². The van der Waals surface area contributed by atoms with E-state index in [4.69, 9.17) is 4.52 Å². The predicted molar refractivity (Wildman–Crippen MR) is 108 cm³/mol. The molecule has 28 heavy (non-hydrogen) atoms. The van der Waals surface area contributed by atoms with E-state index in [-0.39, 0.29) is 11.8 Å². The van der Waals surface area contributed by atoms with E-state index in [0.717, 1.165) is 24.2 Å². The molecule has 4 rings (SSSR count). The van der Waals surface area contributed by atoms with Gasteiger partial charge in [0, 0.05) is 30.9 Å². The number of anilines is 1. The number of hydrogen-bond acceptors (Lipinski definition) is 5. The van der Waals surface area contributed by atoms with E-state index in [1.807, 2.05) is 43.3 Å². The number of aryl methyl sites for hydroxylation is 1. The van der Waals surface area contributed by atoms with Gasteiger partial charge >= 0.3 is 11.8 Å². The van der Waals surface area contributed by atoms with Gasteiger partial charge in [0.05, 0.1) is 0 Å². The summed E-state index contributed by atoms with van der Waals surface area (Å²) in [4.78, 5) is 18.9. The predicted octanol–water partition coefficient (Wildman–Crippen LogP) is 3.97. The Morgan fingerprint density at radius 3 is 2.46 bits per heavy atom. The number of nitrogens with one attached hydrogen (secondary N) is 1. The lowest BCUT2D eigenvalue weighted by Gasteiger charge is -2.28. The number of carbonyl (C=O) groups is 1. The number of piperidine rings is 1. The van der Waals surface area contributed by atoms with Crippen LogP contribution in [-0.2, 0) is 6.54 Å². The van der Waals surface area contributed by atoms with Crippen LogP contribution in [-0.4, -0.2) is 29.1 Å². The average Bonchev–Trinajstić information content (AvgIpc) is 3.24. The number of nitrogens with zero attached hydrogens (tertiary/aromatic N) is 3. The number of amides is 1. The van der Waals surface area contributed by atoms with Gasteiger partial charge in [0.25, 0.3) is 0 Å². The first-order valence-corrected chi connectivity index (χ1v) is 9.72. The van der Waals surface area contributed by atoms with Crippen LogP contribution in [0.5, 0.6) is 0 Å². The number of aromatic nitrogens is 2. The highest BCUT2D eigenvalue weighted by Gasteiger charge is 2.16. The largest absolute Gasteiger partial charge is 0.372 e. The van der Waals surface area contributed by atoms with Gasteiger partial charge in [0.1, 0.15) is 0 Å². The van der Waals surface area contributed by atoms with Crippen molar-refractivity contribution in [2.24, 2.45) is 0 Å². The molecule has 1 aliphatic rings. The Morgan fingerprint density at radius 2 is 1.75 bits per heavy atom. The summed E-state index contributed by atoms with van der Waals surface area (Å²) in [7, 11) is 0. The number of hydrogen-bond donors (Lipinski definition) is 1. The van der Waals surface area contributed by atoms with Crippen LogP contribution in [0.4, 0.5) is 5.69 Å². The second kappa shape index (κ2) is 8.25. The topological polar surface area (TPSA) is 71.3 Å². The van der Waals surface area contributed by atoms with Gasteiger partial charge in [-0.1, -0.05) is 35.0 Å². The Hall–Kier alpha value is -3.15. The lowest BCUT2D eigenvalue weighted by Crippen LogP contribution is -2.29. The van der Waals surface area contributed by atoms with Crippen LogP contribution in [0.15, 0.2) is 53.1 Å². The Morgan fingerprint density at radius 1 is 1.04 bits per heavy atom. The minimum atomic E-state index is -0.371. The summed E-state index contributed by atoms with van der Waals surface area (Å²) in [6.07, 6.45) is 3.80. The van der Waals surface area contributed by atoms with Crippen LogP contribution < -0.4 is 10.2 Å². The SMILES string of the molecule is Cc1ccc(CNC(=O)c2nc(-c3ccc(N4CCCCC4)cc3)no2)cc1. The Bertz CT molecular complexity index is 926. The third kappa shape index (κ3) is 4.22. The summed E-state index contributed by atoms with van der Waals surface area (Å²) in [6.45, 7) is 4.66. The maximum atomic E-state index is 12.3. The quantitative estimate of drug-likeness (QED) is 0.730. The fourth-order valence-corrected chi connectivity index (χ4v) is 3.37. The zero-order chi connectivity index (χ0) is 19.3. The molecule has 0 spiro atoms. The van der Waals surface area contributed by atoms with E-state index in [2.05, 4.69) is 32.5 Å². The highest BCUT2D eigenvalue weighted by Crippen LogP contribution is 2.23. The molecule has 2 heterocycles. The third-order valence-electron chi connectivity index (χ3n) is 5.04. The molecule has 0 bridgehead atoms. The minimum Gasteiger partial charge on any atom is -0.372 e. The summed E-state index contributed by atoms with van der Waals surface area (Å²) in [6, 6.07) is 16.1. The zero-order valence-corrected chi connectivity index (χ0v) is 16.0. The second-order valence-corrected chi connectivity index (χ2v) is 7.19. The highest BCUT2D eigenvalue weighted by atomic mass is 16.5. The smallest absolute Gasteiger partial charge is 0.316 e. The highest BCUT2D eigenvalue weighted by molar-refractivity contribution is 5.89. The van der Waals surface area contributed by atoms with E-state index in [1.165, 1.54) is 30.5 Å². The van der Waals surface area contributed by atoms with Gasteiger partial charge in [-0.2, -0.15) is 4.98 Å². The average molecular weight is 376 g/mol. The molecule has 0 unspecified atom stereocenters. The molecular formula is C22H24N4O2. The van der Waals surface area contributed by atoms with Crippen molar-refractivity contribution in [1.82, 2.24) is 15.5 Å². The van der Waals surface area contributed by atoms with E-state index < -0.39 is 0 Å². The maximum absolute atomic E-state index is 12.3. The molecular weight excluding hydrogens is 352 g/mol. The summed E-state index contributed by atoms with van der Waals surface area (Å²) >= 11 is 0. The summed E-state index contributed by atoms with van der Waals surface area (Å²) < 4.78 is 5.15. The van der Waals surface area contributed by atoms with Crippen LogP contribution in [0.3, 0.4) is 0 Å². The fraction of sp³-hybridized carbons (Fsp3) is 0.318. The van der Waals surface area contributed by atoms with E-state index in [0.29, 0.717) is 12.4 Å². The second-order valence-electron chi connectivity index (χ2n) is 7.19. The first-order valence-electron chi connectivity index (χ1n) is 9.72. The van der Waals surface area contributed by atoms with Crippen molar-refractivity contribution in [1.29, 1.82) is 0 Å². The molecule has 1 saturated heterocycles. The molecule has 1 fully saturated rings. The summed E-state index contributed by atoms with van der Waals surface area (Å²) in [5.74, 6) is 0.0251. The minimum absolute atomic E-state index is 0.0257. The van der Waals surface area contributed by atoms with Crippen LogP contribution in [0, 0.1) is 6.92 Å². The van der Waals surface area contributed by atoms with Crippen molar-refractivity contribution in [3.05, 3.63) is 65.5 Å². The Kier molecular flexibility index (Phi) is 5.37. The van der Waals surface area contributed by atoms with Crippen molar-refractivity contribution >= 4 is 11.6 Å². The third-order valence-corrected chi connectivity index (χ3v) is 5.04. The first-order chi connectivity index (χ1) is 13.7. The molecule has 3 aromatic rings. The van der Waals surface area contributed by atoms with E-state index in [1.54, 1.807) is 0 Å². The number of carbonyl (C=O) groups excluding carboxylic acids is 1. The van der Waals surface area contributed by atoms with Gasteiger partial charge in [-0.05, 0) is 56.0 Å². The number of benzene rings is 2. The van der Waals surface area contributed by atoms with E-state index in [9.17, 15) is 4.79 Å². The summed E-state index contributed by atoms with van der Waals surface area (Å²) in [5, 5.41) is 6.77. The van der Waals surface area contributed by atoms with Crippen LogP contribution in [0.25, 0.3) is 11.4 Å². The van der Waals surface area contributed by atoms with Gasteiger partial charge in [-0.3, -0.25) is 4.79 Å². The van der Waals surface area contributed by atoms with Gasteiger partial charge in [0.15, 0.2) is 0 Å². The normalized spacial score (nSPS) is 14.1. The summed E-state index contributed by atoms with van der Waals surface area (Å²) in [5.41, 5.74) is 4.25. The molecule has 0 aliphatic carbocycles. The van der Waals surface area contributed by atoms with Crippen molar-refractivity contribution in [3.63, 3.8) is 0 Å².